The first-order valence-electron chi connectivity index (χ1n) is 3.43. The maximum absolute atomic E-state index is 5.55. The summed E-state index contributed by atoms with van der Waals surface area (Å²) in [5.41, 5.74) is 5.30. The first-order chi connectivity index (χ1) is 5.74. The van der Waals surface area contributed by atoms with Gasteiger partial charge in [-0.3, -0.25) is 5.01 Å². The fourth-order valence-electron chi connectivity index (χ4n) is 0.683. The zero-order valence-corrected chi connectivity index (χ0v) is 6.82. The van der Waals surface area contributed by atoms with E-state index < -0.39 is 0 Å². The molecule has 12 heavy (non-hydrogen) atoms. The van der Waals surface area contributed by atoms with Crippen molar-refractivity contribution < 1.29 is 4.74 Å². The maximum atomic E-state index is 5.55. The third kappa shape index (κ3) is 2.07. The SMILES string of the molecule is COCCN(N)c1n[nH]c(N)n1. The number of H-pyrrole nitrogens is 1. The molecule has 1 heterocycles. The summed E-state index contributed by atoms with van der Waals surface area (Å²) in [6, 6.07) is 0. The average Bonchev–Trinajstić information content (AvgIpc) is 2.47. The molecule has 0 spiro atoms. The molecule has 0 unspecified atom stereocenters. The molecule has 0 saturated heterocycles. The van der Waals surface area contributed by atoms with E-state index in [1.807, 2.05) is 0 Å². The van der Waals surface area contributed by atoms with Gasteiger partial charge in [0.05, 0.1) is 13.2 Å². The molecular formula is C5H12N6O. The van der Waals surface area contributed by atoms with Crippen molar-refractivity contribution in [3.05, 3.63) is 0 Å². The highest BCUT2D eigenvalue weighted by Gasteiger charge is 2.05. The number of hydrazine groups is 1. The van der Waals surface area contributed by atoms with E-state index in [2.05, 4.69) is 15.2 Å². The number of nitrogens with one attached hydrogen (secondary N) is 1. The Labute approximate surface area is 69.7 Å². The zero-order valence-electron chi connectivity index (χ0n) is 6.82. The van der Waals surface area contributed by atoms with Gasteiger partial charge in [0.15, 0.2) is 0 Å². The van der Waals surface area contributed by atoms with Crippen LogP contribution in [0.15, 0.2) is 0 Å². The average molecular weight is 172 g/mol. The maximum Gasteiger partial charge on any atom is 0.260 e. The molecule has 1 rings (SSSR count). The number of anilines is 2. The summed E-state index contributed by atoms with van der Waals surface area (Å²) in [5.74, 6) is 6.16. The number of rotatable bonds is 4. The molecule has 0 aromatic carbocycles. The standard InChI is InChI=1S/C5H12N6O/c1-12-3-2-11(7)5-8-4(6)9-10-5/h2-3,7H2,1H3,(H3,6,8,9,10). The number of ether oxygens (including phenoxy) is 1. The minimum Gasteiger partial charge on any atom is -0.383 e. The first kappa shape index (κ1) is 8.75. The normalized spacial score (nSPS) is 10.2. The molecule has 0 radical (unpaired) electrons. The molecule has 68 valence electrons. The predicted molar refractivity (Wildman–Crippen MR) is 44.2 cm³/mol. The lowest BCUT2D eigenvalue weighted by Crippen LogP contribution is -2.34. The van der Waals surface area contributed by atoms with Gasteiger partial charge in [-0.15, -0.1) is 5.10 Å². The molecule has 0 aliphatic heterocycles. The highest BCUT2D eigenvalue weighted by Crippen LogP contribution is 2.01. The Balaban J connectivity index is 2.47. The van der Waals surface area contributed by atoms with Crippen molar-refractivity contribution in [3.63, 3.8) is 0 Å². The van der Waals surface area contributed by atoms with E-state index in [1.165, 1.54) is 5.01 Å². The molecule has 1 aromatic rings. The van der Waals surface area contributed by atoms with Crippen molar-refractivity contribution in [2.24, 2.45) is 5.84 Å². The van der Waals surface area contributed by atoms with Gasteiger partial charge in [0.2, 0.25) is 5.95 Å². The van der Waals surface area contributed by atoms with Crippen LogP contribution in [0.5, 0.6) is 0 Å². The van der Waals surface area contributed by atoms with E-state index in [0.29, 0.717) is 19.1 Å². The minimum absolute atomic E-state index is 0.248. The lowest BCUT2D eigenvalue weighted by molar-refractivity contribution is 0.205. The number of aromatic nitrogens is 3. The predicted octanol–water partition coefficient (Wildman–Crippen LogP) is -1.29. The van der Waals surface area contributed by atoms with Crippen LogP contribution in [-0.2, 0) is 4.74 Å². The smallest absolute Gasteiger partial charge is 0.260 e. The van der Waals surface area contributed by atoms with Gasteiger partial charge >= 0.3 is 0 Å². The topological polar surface area (TPSA) is 106 Å². The van der Waals surface area contributed by atoms with Crippen LogP contribution in [0.4, 0.5) is 11.9 Å². The molecular weight excluding hydrogens is 160 g/mol. The highest BCUT2D eigenvalue weighted by molar-refractivity contribution is 5.31. The molecule has 0 aliphatic rings. The monoisotopic (exact) mass is 172 g/mol. The summed E-state index contributed by atoms with van der Waals surface area (Å²) in [6.45, 7) is 1.04. The van der Waals surface area contributed by atoms with Crippen LogP contribution in [0.3, 0.4) is 0 Å². The zero-order chi connectivity index (χ0) is 8.97. The van der Waals surface area contributed by atoms with E-state index >= 15 is 0 Å². The van der Waals surface area contributed by atoms with Gasteiger partial charge in [0.25, 0.3) is 5.95 Å². The largest absolute Gasteiger partial charge is 0.383 e. The number of nitrogens with zero attached hydrogens (tertiary/aromatic N) is 3. The lowest BCUT2D eigenvalue weighted by Gasteiger charge is -2.12. The second kappa shape index (κ2) is 3.88. The first-order valence-corrected chi connectivity index (χ1v) is 3.43. The van der Waals surface area contributed by atoms with Gasteiger partial charge in [-0.25, -0.2) is 10.9 Å². The Morgan fingerprint density at radius 1 is 1.67 bits per heavy atom. The van der Waals surface area contributed by atoms with E-state index in [9.17, 15) is 0 Å². The second-order valence-corrected chi connectivity index (χ2v) is 2.21. The summed E-state index contributed by atoms with van der Waals surface area (Å²) < 4.78 is 4.82. The van der Waals surface area contributed by atoms with Gasteiger partial charge in [-0.05, 0) is 0 Å². The molecule has 0 atom stereocenters. The quantitative estimate of drug-likeness (QED) is 0.385. The van der Waals surface area contributed by atoms with Crippen LogP contribution in [0, 0.1) is 0 Å². The fourth-order valence-corrected chi connectivity index (χ4v) is 0.683. The van der Waals surface area contributed by atoms with Crippen molar-refractivity contribution in [2.75, 3.05) is 31.0 Å². The van der Waals surface area contributed by atoms with Gasteiger partial charge in [0, 0.05) is 7.11 Å². The van der Waals surface area contributed by atoms with Crippen LogP contribution >= 0.6 is 0 Å². The van der Waals surface area contributed by atoms with Crippen LogP contribution < -0.4 is 16.6 Å². The molecule has 0 aliphatic carbocycles. The van der Waals surface area contributed by atoms with E-state index in [-0.39, 0.29) is 5.95 Å². The lowest BCUT2D eigenvalue weighted by atomic mass is 10.6. The number of nitrogen functional groups attached to an aromatic ring is 1. The molecule has 1 aromatic heterocycles. The molecule has 5 N–H and O–H groups in total. The molecule has 0 saturated carbocycles. The summed E-state index contributed by atoms with van der Waals surface area (Å²) in [5, 5.41) is 7.59. The Bertz CT molecular complexity index is 236. The number of nitrogens with two attached hydrogens (primary N) is 2. The Hall–Kier alpha value is -1.34. The Morgan fingerprint density at radius 2 is 2.42 bits per heavy atom. The van der Waals surface area contributed by atoms with Crippen molar-refractivity contribution in [3.8, 4) is 0 Å². The highest BCUT2D eigenvalue weighted by atomic mass is 16.5. The Kier molecular flexibility index (Phi) is 2.83. The molecule has 7 nitrogen and oxygen atoms in total. The van der Waals surface area contributed by atoms with E-state index in [1.54, 1.807) is 7.11 Å². The summed E-state index contributed by atoms with van der Waals surface area (Å²) in [6.07, 6.45) is 0. The van der Waals surface area contributed by atoms with E-state index in [0.717, 1.165) is 0 Å². The van der Waals surface area contributed by atoms with Crippen molar-refractivity contribution in [2.45, 2.75) is 0 Å². The molecule has 0 fully saturated rings. The molecule has 7 heteroatoms. The summed E-state index contributed by atoms with van der Waals surface area (Å²) >= 11 is 0. The van der Waals surface area contributed by atoms with Crippen molar-refractivity contribution in [1.82, 2.24) is 15.2 Å². The summed E-state index contributed by atoms with van der Waals surface area (Å²) in [7, 11) is 1.60. The van der Waals surface area contributed by atoms with E-state index in [4.69, 9.17) is 16.3 Å². The number of aromatic amines is 1. The third-order valence-electron chi connectivity index (χ3n) is 1.28. The minimum atomic E-state index is 0.248. The van der Waals surface area contributed by atoms with Gasteiger partial charge in [0.1, 0.15) is 0 Å². The van der Waals surface area contributed by atoms with Crippen molar-refractivity contribution >= 4 is 11.9 Å². The third-order valence-corrected chi connectivity index (χ3v) is 1.28. The molecule has 0 amide bonds. The molecule has 0 bridgehead atoms. The number of hydrogen-bond acceptors (Lipinski definition) is 6. The number of hydrogen-bond donors (Lipinski definition) is 3. The van der Waals surface area contributed by atoms with Crippen LogP contribution in [0.1, 0.15) is 0 Å². The number of methoxy groups -OCH3 is 1. The fraction of sp³-hybridized carbons (Fsp3) is 0.600. The van der Waals surface area contributed by atoms with Crippen LogP contribution in [0.2, 0.25) is 0 Å². The van der Waals surface area contributed by atoms with Crippen LogP contribution in [0.25, 0.3) is 0 Å². The van der Waals surface area contributed by atoms with Crippen molar-refractivity contribution in [1.29, 1.82) is 0 Å². The van der Waals surface area contributed by atoms with Gasteiger partial charge in [-0.2, -0.15) is 4.98 Å². The van der Waals surface area contributed by atoms with Gasteiger partial charge in [-0.1, -0.05) is 0 Å². The van der Waals surface area contributed by atoms with Crippen LogP contribution in [-0.4, -0.2) is 35.4 Å². The van der Waals surface area contributed by atoms with Gasteiger partial charge < -0.3 is 10.5 Å². The second-order valence-electron chi connectivity index (χ2n) is 2.21. The summed E-state index contributed by atoms with van der Waals surface area (Å²) in [4.78, 5) is 3.82. The Morgan fingerprint density at radius 3 is 2.92 bits per heavy atom.